The van der Waals surface area contributed by atoms with Crippen molar-refractivity contribution < 1.29 is 18.1 Å². The van der Waals surface area contributed by atoms with Gasteiger partial charge in [0.25, 0.3) is 5.91 Å². The van der Waals surface area contributed by atoms with E-state index in [-0.39, 0.29) is 17.6 Å². The molecule has 9 heteroatoms. The first-order chi connectivity index (χ1) is 19.6. The smallest absolute Gasteiger partial charge is 0.251 e. The second kappa shape index (κ2) is 11.6. The number of nitrogens with one attached hydrogen (secondary N) is 2. The van der Waals surface area contributed by atoms with Crippen molar-refractivity contribution in [2.45, 2.75) is 38.1 Å². The number of nitrogen functional groups attached to an aromatic ring is 1. The Kier molecular flexibility index (Phi) is 8.11. The van der Waals surface area contributed by atoms with Gasteiger partial charge in [-0.05, 0) is 80.8 Å². The third-order valence-corrected chi connectivity index (χ3v) is 8.64. The molecule has 1 saturated heterocycles. The van der Waals surface area contributed by atoms with Crippen LogP contribution in [0.2, 0.25) is 0 Å². The van der Waals surface area contributed by atoms with Crippen molar-refractivity contribution in [3.8, 4) is 16.8 Å². The second-order valence-corrected chi connectivity index (χ2v) is 12.7. The number of carbonyl (C=O) groups excluding carboxylic acids is 1. The predicted molar refractivity (Wildman–Crippen MR) is 164 cm³/mol. The molecule has 41 heavy (non-hydrogen) atoms. The van der Waals surface area contributed by atoms with Gasteiger partial charge in [-0.3, -0.25) is 9.00 Å². The number of rotatable bonds is 8. The molecule has 1 atom stereocenters. The maximum atomic E-state index is 14.0. The van der Waals surface area contributed by atoms with E-state index in [1.165, 1.54) is 18.3 Å². The standard InChI is InChI=1S/C32H35FN4O3S/c1-32(2,19-41(3)39)36-31(38)22-6-4-20(5-7-22)29-26-17-27(35)23(18-34)16-28(26)37(25-10-8-24(33)9-11-25)30(29)21-12-14-40-15-13-21/h4-11,16-18,21,34H,12-15,19,35H2,1-3H3,(H,36,38). The Morgan fingerprint density at radius 2 is 1.80 bits per heavy atom. The Labute approximate surface area is 241 Å². The maximum Gasteiger partial charge on any atom is 0.251 e. The maximum absolute atomic E-state index is 14.0. The zero-order valence-corrected chi connectivity index (χ0v) is 24.3. The first-order valence-electron chi connectivity index (χ1n) is 13.6. The molecule has 2 heterocycles. The number of anilines is 1. The number of nitrogens with two attached hydrogens (primary N) is 1. The zero-order chi connectivity index (χ0) is 29.3. The third-order valence-electron chi connectivity index (χ3n) is 7.51. The highest BCUT2D eigenvalue weighted by molar-refractivity contribution is 7.84. The summed E-state index contributed by atoms with van der Waals surface area (Å²) in [7, 11) is -1.05. The van der Waals surface area contributed by atoms with E-state index < -0.39 is 16.3 Å². The summed E-state index contributed by atoms with van der Waals surface area (Å²) < 4.78 is 33.6. The first-order valence-corrected chi connectivity index (χ1v) is 15.4. The Balaban J connectivity index is 1.69. The van der Waals surface area contributed by atoms with Gasteiger partial charge in [-0.1, -0.05) is 12.1 Å². The van der Waals surface area contributed by atoms with Crippen LogP contribution in [0.5, 0.6) is 0 Å². The molecule has 0 radical (unpaired) electrons. The first kappa shape index (κ1) is 28.7. The molecule has 1 aliphatic rings. The second-order valence-electron chi connectivity index (χ2n) is 11.2. The fourth-order valence-corrected chi connectivity index (χ4v) is 6.84. The number of aromatic nitrogens is 1. The molecule has 0 aliphatic carbocycles. The molecule has 4 aromatic rings. The van der Waals surface area contributed by atoms with Gasteiger partial charge in [-0.15, -0.1) is 0 Å². The van der Waals surface area contributed by atoms with Crippen molar-refractivity contribution in [2.24, 2.45) is 0 Å². The van der Waals surface area contributed by atoms with Gasteiger partial charge < -0.3 is 25.8 Å². The number of ether oxygens (including phenoxy) is 1. The van der Waals surface area contributed by atoms with Crippen molar-refractivity contribution in [1.29, 1.82) is 5.41 Å². The summed E-state index contributed by atoms with van der Waals surface area (Å²) in [5, 5.41) is 11.8. The molecule has 3 aromatic carbocycles. The number of carbonyl (C=O) groups is 1. The number of nitrogens with zero attached hydrogens (tertiary/aromatic N) is 1. The average Bonchev–Trinajstić information content (AvgIpc) is 3.26. The Bertz CT molecular complexity index is 1620. The van der Waals surface area contributed by atoms with Gasteiger partial charge in [-0.2, -0.15) is 0 Å². The number of hydrogen-bond acceptors (Lipinski definition) is 5. The number of benzene rings is 3. The lowest BCUT2D eigenvalue weighted by molar-refractivity contribution is 0.0843. The van der Waals surface area contributed by atoms with Crippen LogP contribution in [0.4, 0.5) is 10.1 Å². The lowest BCUT2D eigenvalue weighted by Crippen LogP contribution is -2.47. The minimum Gasteiger partial charge on any atom is -0.398 e. The van der Waals surface area contributed by atoms with E-state index >= 15 is 0 Å². The molecule has 0 bridgehead atoms. The van der Waals surface area contributed by atoms with E-state index in [0.29, 0.717) is 35.8 Å². The summed E-state index contributed by atoms with van der Waals surface area (Å²) in [6.07, 6.45) is 4.52. The molecule has 0 spiro atoms. The monoisotopic (exact) mass is 574 g/mol. The van der Waals surface area contributed by atoms with Crippen LogP contribution >= 0.6 is 0 Å². The molecule has 1 unspecified atom stereocenters. The van der Waals surface area contributed by atoms with Gasteiger partial charge >= 0.3 is 0 Å². The van der Waals surface area contributed by atoms with Gasteiger partial charge in [0.1, 0.15) is 5.82 Å². The van der Waals surface area contributed by atoms with Gasteiger partial charge in [0.2, 0.25) is 0 Å². The normalized spacial score (nSPS) is 15.1. The van der Waals surface area contributed by atoms with Gasteiger partial charge in [0.15, 0.2) is 0 Å². The van der Waals surface area contributed by atoms with Crippen molar-refractivity contribution in [3.63, 3.8) is 0 Å². The Morgan fingerprint density at radius 1 is 1.15 bits per heavy atom. The van der Waals surface area contributed by atoms with Crippen molar-refractivity contribution in [1.82, 2.24) is 9.88 Å². The summed E-state index contributed by atoms with van der Waals surface area (Å²) in [5.41, 5.74) is 12.1. The van der Waals surface area contributed by atoms with Crippen LogP contribution in [-0.2, 0) is 15.5 Å². The van der Waals surface area contributed by atoms with E-state index in [1.54, 1.807) is 30.5 Å². The molecule has 1 aromatic heterocycles. The van der Waals surface area contributed by atoms with Crippen molar-refractivity contribution in [3.05, 3.63) is 83.3 Å². The summed E-state index contributed by atoms with van der Waals surface area (Å²) in [6, 6.07) is 17.7. The molecule has 1 aliphatic heterocycles. The van der Waals surface area contributed by atoms with Gasteiger partial charge in [0, 0.05) is 92.8 Å². The van der Waals surface area contributed by atoms with E-state index in [0.717, 1.165) is 46.3 Å². The lowest BCUT2D eigenvalue weighted by Gasteiger charge is -2.26. The van der Waals surface area contributed by atoms with Crippen LogP contribution in [-0.4, -0.2) is 51.7 Å². The molecule has 1 fully saturated rings. The summed E-state index contributed by atoms with van der Waals surface area (Å²) in [6.45, 7) is 5.00. The Hall–Kier alpha value is -3.82. The van der Waals surface area contributed by atoms with E-state index in [1.807, 2.05) is 38.1 Å². The summed E-state index contributed by atoms with van der Waals surface area (Å²) in [5.74, 6) is -0.0256. The lowest BCUT2D eigenvalue weighted by atomic mass is 9.89. The molecule has 0 saturated carbocycles. The highest BCUT2D eigenvalue weighted by Gasteiger charge is 2.29. The van der Waals surface area contributed by atoms with Crippen LogP contribution in [0.15, 0.2) is 60.7 Å². The SMILES string of the molecule is CS(=O)CC(C)(C)NC(=O)c1ccc(-c2c(C3CCOCC3)n(-c3ccc(F)cc3)c3cc(C=N)c(N)cc23)cc1. The zero-order valence-electron chi connectivity index (χ0n) is 23.5. The van der Waals surface area contributed by atoms with E-state index in [4.69, 9.17) is 15.9 Å². The average molecular weight is 575 g/mol. The van der Waals surface area contributed by atoms with Crippen LogP contribution < -0.4 is 11.1 Å². The van der Waals surface area contributed by atoms with E-state index in [2.05, 4.69) is 9.88 Å². The number of hydrogen-bond donors (Lipinski definition) is 3. The van der Waals surface area contributed by atoms with Crippen LogP contribution in [0, 0.1) is 11.2 Å². The molecule has 7 nitrogen and oxygen atoms in total. The van der Waals surface area contributed by atoms with Crippen molar-refractivity contribution >= 4 is 39.5 Å². The van der Waals surface area contributed by atoms with E-state index in [9.17, 15) is 13.4 Å². The van der Waals surface area contributed by atoms with Crippen LogP contribution in [0.3, 0.4) is 0 Å². The highest BCUT2D eigenvalue weighted by atomic mass is 32.2. The number of amides is 1. The molecule has 1 amide bonds. The Morgan fingerprint density at radius 3 is 2.41 bits per heavy atom. The minimum atomic E-state index is -1.05. The highest BCUT2D eigenvalue weighted by Crippen LogP contribution is 2.44. The van der Waals surface area contributed by atoms with Crippen molar-refractivity contribution in [2.75, 3.05) is 31.0 Å². The fraction of sp³-hybridized carbons (Fsp3) is 0.312. The van der Waals surface area contributed by atoms with Crippen LogP contribution in [0.25, 0.3) is 27.7 Å². The molecule has 214 valence electrons. The summed E-state index contributed by atoms with van der Waals surface area (Å²) >= 11 is 0. The number of halogens is 1. The largest absolute Gasteiger partial charge is 0.398 e. The fourth-order valence-electron chi connectivity index (χ4n) is 5.75. The third kappa shape index (κ3) is 5.96. The molecule has 5 rings (SSSR count). The summed E-state index contributed by atoms with van der Waals surface area (Å²) in [4.78, 5) is 13.1. The minimum absolute atomic E-state index is 0.166. The predicted octanol–water partition coefficient (Wildman–Crippen LogP) is 5.80. The molecular formula is C32H35FN4O3S. The number of fused-ring (bicyclic) bond motifs is 1. The van der Waals surface area contributed by atoms with Gasteiger partial charge in [0.05, 0.1) is 5.52 Å². The van der Waals surface area contributed by atoms with Crippen LogP contribution in [0.1, 0.15) is 54.2 Å². The molecular weight excluding hydrogens is 539 g/mol. The van der Waals surface area contributed by atoms with Gasteiger partial charge in [-0.25, -0.2) is 4.39 Å². The quantitative estimate of drug-likeness (QED) is 0.183. The topological polar surface area (TPSA) is 110 Å². The molecule has 4 N–H and O–H groups in total.